The number of nitrogens with one attached hydrogen (secondary N) is 1. The van der Waals surface area contributed by atoms with Gasteiger partial charge >= 0.3 is 0 Å². The lowest BCUT2D eigenvalue weighted by Gasteiger charge is -2.31. The Labute approximate surface area is 236 Å². The summed E-state index contributed by atoms with van der Waals surface area (Å²) in [6.45, 7) is 6.85. The topological polar surface area (TPSA) is 58.6 Å². The maximum atomic E-state index is 13.7. The Morgan fingerprint density at radius 1 is 0.921 bits per heavy atom. The molecule has 202 valence electrons. The highest BCUT2D eigenvalue weighted by Crippen LogP contribution is 2.25. The standard InChI is InChI=1S/C31H36Cl2N2O3/c1-4-5-17-34-31(37)29(19-23-9-7-6-8-10-23)35(20-24-11-16-27(32)28(33)18-24)30(36)21-38-26-14-12-25(13-15-26)22(2)3/h6-16,18,22,29H,4-5,17,19-21H2,1-3H3,(H,34,37). The monoisotopic (exact) mass is 554 g/mol. The van der Waals surface area contributed by atoms with Crippen LogP contribution in [-0.4, -0.2) is 35.9 Å². The van der Waals surface area contributed by atoms with Crippen LogP contribution in [0.15, 0.2) is 72.8 Å². The first-order valence-electron chi connectivity index (χ1n) is 13.1. The van der Waals surface area contributed by atoms with Gasteiger partial charge in [0, 0.05) is 19.5 Å². The highest BCUT2D eigenvalue weighted by atomic mass is 35.5. The van der Waals surface area contributed by atoms with Crippen LogP contribution in [-0.2, 0) is 22.6 Å². The molecule has 1 N–H and O–H groups in total. The van der Waals surface area contributed by atoms with Crippen LogP contribution in [0.25, 0.3) is 0 Å². The summed E-state index contributed by atoms with van der Waals surface area (Å²) in [5.41, 5.74) is 2.92. The van der Waals surface area contributed by atoms with Crippen LogP contribution >= 0.6 is 23.2 Å². The summed E-state index contributed by atoms with van der Waals surface area (Å²) in [6.07, 6.45) is 2.19. The fraction of sp³-hybridized carbons (Fsp3) is 0.355. The van der Waals surface area contributed by atoms with Crippen LogP contribution in [0.3, 0.4) is 0 Å². The van der Waals surface area contributed by atoms with Crippen LogP contribution in [0.1, 0.15) is 56.2 Å². The Kier molecular flexibility index (Phi) is 11.5. The smallest absolute Gasteiger partial charge is 0.261 e. The molecule has 3 aromatic rings. The molecule has 0 spiro atoms. The van der Waals surface area contributed by atoms with E-state index in [1.807, 2.05) is 60.7 Å². The number of ether oxygens (including phenoxy) is 1. The molecule has 0 aliphatic rings. The zero-order chi connectivity index (χ0) is 27.5. The predicted octanol–water partition coefficient (Wildman–Crippen LogP) is 7.05. The first-order chi connectivity index (χ1) is 18.3. The molecule has 3 rings (SSSR count). The number of amides is 2. The number of hydrogen-bond donors (Lipinski definition) is 1. The number of carbonyl (C=O) groups excluding carboxylic acids is 2. The number of unbranched alkanes of at least 4 members (excludes halogenated alkanes) is 1. The van der Waals surface area contributed by atoms with Crippen molar-refractivity contribution in [1.82, 2.24) is 10.2 Å². The van der Waals surface area contributed by atoms with Crippen molar-refractivity contribution in [2.24, 2.45) is 0 Å². The minimum Gasteiger partial charge on any atom is -0.484 e. The van der Waals surface area contributed by atoms with Gasteiger partial charge in [0.25, 0.3) is 5.91 Å². The summed E-state index contributed by atoms with van der Waals surface area (Å²) in [4.78, 5) is 28.7. The van der Waals surface area contributed by atoms with E-state index < -0.39 is 6.04 Å². The summed E-state index contributed by atoms with van der Waals surface area (Å²) in [5, 5.41) is 3.84. The van der Waals surface area contributed by atoms with Crippen molar-refractivity contribution in [1.29, 1.82) is 0 Å². The number of benzene rings is 3. The summed E-state index contributed by atoms with van der Waals surface area (Å²) in [7, 11) is 0. The van der Waals surface area contributed by atoms with Gasteiger partial charge in [0.1, 0.15) is 11.8 Å². The van der Waals surface area contributed by atoms with E-state index in [4.69, 9.17) is 27.9 Å². The van der Waals surface area contributed by atoms with Crippen molar-refractivity contribution in [2.75, 3.05) is 13.2 Å². The minimum atomic E-state index is -0.733. The highest BCUT2D eigenvalue weighted by Gasteiger charge is 2.30. The Hall–Kier alpha value is -3.02. The second-order valence-electron chi connectivity index (χ2n) is 9.63. The third kappa shape index (κ3) is 8.78. The summed E-state index contributed by atoms with van der Waals surface area (Å²) in [6, 6.07) is 21.9. The van der Waals surface area contributed by atoms with Gasteiger partial charge in [0.2, 0.25) is 5.91 Å². The zero-order valence-electron chi connectivity index (χ0n) is 22.3. The average molecular weight is 556 g/mol. The molecule has 5 nitrogen and oxygen atoms in total. The van der Waals surface area contributed by atoms with Crippen LogP contribution in [0.5, 0.6) is 5.75 Å². The molecule has 2 amide bonds. The summed E-state index contributed by atoms with van der Waals surface area (Å²) < 4.78 is 5.87. The third-order valence-electron chi connectivity index (χ3n) is 6.35. The van der Waals surface area contributed by atoms with Crippen molar-refractivity contribution in [3.8, 4) is 5.75 Å². The van der Waals surface area contributed by atoms with E-state index in [-0.39, 0.29) is 25.0 Å². The van der Waals surface area contributed by atoms with Crippen LogP contribution in [0.4, 0.5) is 0 Å². The average Bonchev–Trinajstić information content (AvgIpc) is 2.92. The molecule has 0 bridgehead atoms. The van der Waals surface area contributed by atoms with Crippen molar-refractivity contribution >= 4 is 35.0 Å². The second kappa shape index (κ2) is 14.8. The van der Waals surface area contributed by atoms with E-state index in [0.717, 1.165) is 24.0 Å². The molecule has 0 radical (unpaired) electrons. The van der Waals surface area contributed by atoms with Gasteiger partial charge in [-0.25, -0.2) is 0 Å². The lowest BCUT2D eigenvalue weighted by atomic mass is 10.0. The largest absolute Gasteiger partial charge is 0.484 e. The molecule has 3 aromatic carbocycles. The molecule has 7 heteroatoms. The van der Waals surface area contributed by atoms with Crippen molar-refractivity contribution in [3.63, 3.8) is 0 Å². The van der Waals surface area contributed by atoms with Gasteiger partial charge in [-0.15, -0.1) is 0 Å². The van der Waals surface area contributed by atoms with Gasteiger partial charge in [-0.1, -0.05) is 98.9 Å². The Bertz CT molecular complexity index is 1180. The van der Waals surface area contributed by atoms with E-state index in [1.54, 1.807) is 17.0 Å². The molecule has 1 atom stereocenters. The summed E-state index contributed by atoms with van der Waals surface area (Å²) >= 11 is 12.4. The quantitative estimate of drug-likeness (QED) is 0.230. The maximum absolute atomic E-state index is 13.7. The van der Waals surface area contributed by atoms with Gasteiger partial charge in [-0.2, -0.15) is 0 Å². The fourth-order valence-electron chi connectivity index (χ4n) is 4.07. The van der Waals surface area contributed by atoms with Crippen molar-refractivity contribution < 1.29 is 14.3 Å². The molecule has 0 aliphatic carbocycles. The molecular formula is C31H36Cl2N2O3. The Morgan fingerprint density at radius 3 is 2.26 bits per heavy atom. The van der Waals surface area contributed by atoms with E-state index in [1.165, 1.54) is 5.56 Å². The van der Waals surface area contributed by atoms with Crippen LogP contribution < -0.4 is 10.1 Å². The van der Waals surface area contributed by atoms with Gasteiger partial charge < -0.3 is 15.0 Å². The molecule has 38 heavy (non-hydrogen) atoms. The molecule has 0 heterocycles. The fourth-order valence-corrected chi connectivity index (χ4v) is 4.39. The van der Waals surface area contributed by atoms with E-state index in [9.17, 15) is 9.59 Å². The first-order valence-corrected chi connectivity index (χ1v) is 13.8. The van der Waals surface area contributed by atoms with Gasteiger partial charge in [-0.05, 0) is 53.3 Å². The number of nitrogens with zero attached hydrogens (tertiary/aromatic N) is 1. The maximum Gasteiger partial charge on any atom is 0.261 e. The van der Waals surface area contributed by atoms with Crippen LogP contribution in [0.2, 0.25) is 10.0 Å². The number of hydrogen-bond acceptors (Lipinski definition) is 3. The van der Waals surface area contributed by atoms with Gasteiger partial charge in [-0.3, -0.25) is 9.59 Å². The third-order valence-corrected chi connectivity index (χ3v) is 7.09. The van der Waals surface area contributed by atoms with Crippen molar-refractivity contribution in [2.45, 2.75) is 58.5 Å². The normalized spacial score (nSPS) is 11.7. The zero-order valence-corrected chi connectivity index (χ0v) is 23.8. The molecular weight excluding hydrogens is 519 g/mol. The SMILES string of the molecule is CCCCNC(=O)C(Cc1ccccc1)N(Cc1ccc(Cl)c(Cl)c1)C(=O)COc1ccc(C(C)C)cc1. The molecule has 0 fully saturated rings. The molecule has 1 unspecified atom stereocenters. The van der Waals surface area contributed by atoms with Crippen LogP contribution in [0, 0.1) is 0 Å². The van der Waals surface area contributed by atoms with E-state index >= 15 is 0 Å². The highest BCUT2D eigenvalue weighted by molar-refractivity contribution is 6.42. The second-order valence-corrected chi connectivity index (χ2v) is 10.4. The Morgan fingerprint density at radius 2 is 1.63 bits per heavy atom. The lowest BCUT2D eigenvalue weighted by molar-refractivity contribution is -0.142. The summed E-state index contributed by atoms with van der Waals surface area (Å²) in [5.74, 6) is 0.508. The molecule has 0 aliphatic heterocycles. The molecule has 0 saturated carbocycles. The number of halogens is 2. The van der Waals surface area contributed by atoms with E-state index in [0.29, 0.717) is 34.7 Å². The number of rotatable bonds is 13. The number of carbonyl (C=O) groups is 2. The van der Waals surface area contributed by atoms with Crippen molar-refractivity contribution in [3.05, 3.63) is 99.5 Å². The predicted molar refractivity (Wildman–Crippen MR) is 155 cm³/mol. The minimum absolute atomic E-state index is 0.185. The van der Waals surface area contributed by atoms with E-state index in [2.05, 4.69) is 26.1 Å². The lowest BCUT2D eigenvalue weighted by Crippen LogP contribution is -2.51. The van der Waals surface area contributed by atoms with Gasteiger partial charge in [0.05, 0.1) is 10.0 Å². The first kappa shape index (κ1) is 29.5. The molecule has 0 aromatic heterocycles. The molecule has 0 saturated heterocycles. The van der Waals surface area contributed by atoms with Gasteiger partial charge in [0.15, 0.2) is 6.61 Å². The Balaban J connectivity index is 1.88.